The smallest absolute Gasteiger partial charge is 0.330 e. The van der Waals surface area contributed by atoms with E-state index in [1.165, 1.54) is 27.7 Å². The van der Waals surface area contributed by atoms with Crippen LogP contribution in [-0.4, -0.2) is 22.0 Å². The van der Waals surface area contributed by atoms with Crippen LogP contribution in [0.15, 0.2) is 27.8 Å². The number of anilines is 2. The van der Waals surface area contributed by atoms with Crippen LogP contribution in [0.1, 0.15) is 38.1 Å². The lowest BCUT2D eigenvalue weighted by Gasteiger charge is -2.26. The molecule has 1 heterocycles. The number of halogens is 2. The van der Waals surface area contributed by atoms with Crippen molar-refractivity contribution in [1.82, 2.24) is 9.55 Å². The summed E-state index contributed by atoms with van der Waals surface area (Å²) in [5.74, 6) is -0.352. The summed E-state index contributed by atoms with van der Waals surface area (Å²) in [5, 5.41) is 0.542. The highest BCUT2D eigenvalue weighted by Crippen LogP contribution is 2.26. The van der Waals surface area contributed by atoms with Crippen molar-refractivity contribution in [3.05, 3.63) is 54.6 Å². The Morgan fingerprint density at radius 2 is 1.79 bits per heavy atom. The summed E-state index contributed by atoms with van der Waals surface area (Å²) in [6, 6.07) is 4.48. The zero-order valence-electron chi connectivity index (χ0n) is 16.3. The number of nitrogens with one attached hydrogen (secondary N) is 1. The van der Waals surface area contributed by atoms with Gasteiger partial charge in [0.1, 0.15) is 5.82 Å². The van der Waals surface area contributed by atoms with E-state index in [1.807, 2.05) is 27.7 Å². The Morgan fingerprint density at radius 3 is 2.32 bits per heavy atom. The summed E-state index contributed by atoms with van der Waals surface area (Å²) in [7, 11) is 0. The number of amides is 1. The summed E-state index contributed by atoms with van der Waals surface area (Å²) in [6.07, 6.45) is 0. The Kier molecular flexibility index (Phi) is 6.96. The second-order valence-corrected chi connectivity index (χ2v) is 8.25. The summed E-state index contributed by atoms with van der Waals surface area (Å²) in [5.41, 5.74) is 5.07. The molecule has 0 aliphatic heterocycles. The second-order valence-electron chi connectivity index (χ2n) is 7.44. The lowest BCUT2D eigenvalue weighted by Crippen LogP contribution is -2.43. The first-order valence-corrected chi connectivity index (χ1v) is 9.68. The fourth-order valence-corrected chi connectivity index (χ4v) is 3.11. The highest BCUT2D eigenvalue weighted by atomic mass is 35.5. The Balaban J connectivity index is 2.66. The number of benzene rings is 1. The lowest BCUT2D eigenvalue weighted by molar-refractivity contribution is 0.0983. The van der Waals surface area contributed by atoms with E-state index in [2.05, 4.69) is 4.98 Å². The van der Waals surface area contributed by atoms with Crippen LogP contribution in [0.3, 0.4) is 0 Å². The first-order valence-electron chi connectivity index (χ1n) is 8.92. The summed E-state index contributed by atoms with van der Waals surface area (Å²) >= 11 is 12.0. The molecule has 0 saturated carbocycles. The molecule has 1 amide bonds. The van der Waals surface area contributed by atoms with Gasteiger partial charge in [0.05, 0.1) is 10.0 Å². The standard InChI is InChI=1S/C19H24Cl2N4O3/c1-10(2)8-24(18(27)12-5-6-13(20)14(21)7-12)15-16(22)25(9-11(3)4)19(28)23-17(15)26/h5-7,10-11H,8-9,22H2,1-4H3,(H,23,26,28). The van der Waals surface area contributed by atoms with Gasteiger partial charge in [-0.05, 0) is 30.0 Å². The predicted molar refractivity (Wildman–Crippen MR) is 114 cm³/mol. The molecule has 0 saturated heterocycles. The van der Waals surface area contributed by atoms with E-state index < -0.39 is 17.2 Å². The maximum absolute atomic E-state index is 13.2. The number of carbonyl (C=O) groups excluding carboxylic acids is 1. The average molecular weight is 427 g/mol. The number of nitrogens with two attached hydrogens (primary N) is 1. The molecule has 152 valence electrons. The highest BCUT2D eigenvalue weighted by molar-refractivity contribution is 6.42. The fraction of sp³-hybridized carbons (Fsp3) is 0.421. The van der Waals surface area contributed by atoms with Crippen LogP contribution >= 0.6 is 23.2 Å². The Bertz CT molecular complexity index is 996. The quantitative estimate of drug-likeness (QED) is 0.738. The summed E-state index contributed by atoms with van der Waals surface area (Å²) < 4.78 is 1.27. The number of aromatic nitrogens is 2. The van der Waals surface area contributed by atoms with Crippen molar-refractivity contribution in [2.45, 2.75) is 34.2 Å². The van der Waals surface area contributed by atoms with E-state index in [0.29, 0.717) is 11.6 Å². The molecule has 2 rings (SSSR count). The number of hydrogen-bond acceptors (Lipinski definition) is 4. The monoisotopic (exact) mass is 426 g/mol. The number of hydrogen-bond donors (Lipinski definition) is 2. The van der Waals surface area contributed by atoms with Gasteiger partial charge < -0.3 is 10.6 Å². The number of rotatable bonds is 6. The molecular formula is C19H24Cl2N4O3. The highest BCUT2D eigenvalue weighted by Gasteiger charge is 2.26. The Hall–Kier alpha value is -2.25. The fourth-order valence-electron chi connectivity index (χ4n) is 2.81. The first-order chi connectivity index (χ1) is 13.0. The molecule has 0 spiro atoms. The van der Waals surface area contributed by atoms with Crippen LogP contribution in [0.5, 0.6) is 0 Å². The van der Waals surface area contributed by atoms with Gasteiger partial charge in [-0.3, -0.25) is 19.1 Å². The molecule has 0 atom stereocenters. The molecule has 0 unspecified atom stereocenters. The topological polar surface area (TPSA) is 101 Å². The SMILES string of the molecule is CC(C)CN(C(=O)c1ccc(Cl)c(Cl)c1)c1c(N)n(CC(C)C)c(=O)[nH]c1=O. The van der Waals surface area contributed by atoms with Gasteiger partial charge in [0.15, 0.2) is 5.69 Å². The number of nitrogens with zero attached hydrogens (tertiary/aromatic N) is 2. The van der Waals surface area contributed by atoms with Crippen molar-refractivity contribution >= 4 is 40.6 Å². The first kappa shape index (κ1) is 22.0. The lowest BCUT2D eigenvalue weighted by atomic mass is 10.1. The molecular weight excluding hydrogens is 403 g/mol. The largest absolute Gasteiger partial charge is 0.383 e. The van der Waals surface area contributed by atoms with Crippen molar-refractivity contribution in [2.75, 3.05) is 17.2 Å². The number of carbonyl (C=O) groups is 1. The molecule has 0 bridgehead atoms. The van der Waals surface area contributed by atoms with E-state index in [9.17, 15) is 14.4 Å². The Morgan fingerprint density at radius 1 is 1.14 bits per heavy atom. The van der Waals surface area contributed by atoms with Gasteiger partial charge in [0.25, 0.3) is 11.5 Å². The zero-order chi connectivity index (χ0) is 21.2. The molecule has 0 radical (unpaired) electrons. The maximum atomic E-state index is 13.2. The number of aromatic amines is 1. The van der Waals surface area contributed by atoms with Gasteiger partial charge in [-0.15, -0.1) is 0 Å². The molecule has 2 aromatic rings. The van der Waals surface area contributed by atoms with E-state index >= 15 is 0 Å². The molecule has 0 aliphatic carbocycles. The van der Waals surface area contributed by atoms with Crippen molar-refractivity contribution in [2.24, 2.45) is 11.8 Å². The minimum Gasteiger partial charge on any atom is -0.383 e. The molecule has 7 nitrogen and oxygen atoms in total. The molecule has 0 aliphatic rings. The van der Waals surface area contributed by atoms with E-state index in [0.717, 1.165) is 0 Å². The number of nitrogen functional groups attached to an aromatic ring is 1. The van der Waals surface area contributed by atoms with Crippen molar-refractivity contribution in [3.8, 4) is 0 Å². The van der Waals surface area contributed by atoms with E-state index in [-0.39, 0.29) is 40.5 Å². The van der Waals surface area contributed by atoms with Gasteiger partial charge in [0.2, 0.25) is 0 Å². The van der Waals surface area contributed by atoms with E-state index in [4.69, 9.17) is 28.9 Å². The van der Waals surface area contributed by atoms with Crippen molar-refractivity contribution in [3.63, 3.8) is 0 Å². The third-order valence-corrected chi connectivity index (χ3v) is 4.73. The van der Waals surface area contributed by atoms with Crippen LogP contribution in [0.2, 0.25) is 10.0 Å². The van der Waals surface area contributed by atoms with Gasteiger partial charge in [-0.1, -0.05) is 50.9 Å². The van der Waals surface area contributed by atoms with E-state index in [1.54, 1.807) is 0 Å². The molecule has 9 heteroatoms. The minimum atomic E-state index is -0.712. The van der Waals surface area contributed by atoms with Crippen LogP contribution in [0, 0.1) is 11.8 Å². The number of H-pyrrole nitrogens is 1. The maximum Gasteiger partial charge on any atom is 0.330 e. The second kappa shape index (κ2) is 8.84. The average Bonchev–Trinajstić information content (AvgIpc) is 2.59. The zero-order valence-corrected chi connectivity index (χ0v) is 17.8. The summed E-state index contributed by atoms with van der Waals surface area (Å²) in [4.78, 5) is 41.5. The van der Waals surface area contributed by atoms with Gasteiger partial charge in [-0.2, -0.15) is 0 Å². The van der Waals surface area contributed by atoms with Crippen LogP contribution in [-0.2, 0) is 6.54 Å². The molecule has 1 aromatic carbocycles. The van der Waals surface area contributed by atoms with Crippen LogP contribution in [0.25, 0.3) is 0 Å². The third kappa shape index (κ3) is 4.77. The normalized spacial score (nSPS) is 11.3. The predicted octanol–water partition coefficient (Wildman–Crippen LogP) is 3.38. The molecule has 28 heavy (non-hydrogen) atoms. The summed E-state index contributed by atoms with van der Waals surface area (Å²) in [6.45, 7) is 8.19. The van der Waals surface area contributed by atoms with Crippen LogP contribution in [0.4, 0.5) is 11.5 Å². The third-order valence-electron chi connectivity index (χ3n) is 3.99. The molecule has 3 N–H and O–H groups in total. The minimum absolute atomic E-state index is 0.0380. The van der Waals surface area contributed by atoms with Gasteiger partial charge in [0, 0.05) is 18.7 Å². The van der Waals surface area contributed by atoms with Gasteiger partial charge >= 0.3 is 5.69 Å². The molecule has 1 aromatic heterocycles. The van der Waals surface area contributed by atoms with Gasteiger partial charge in [-0.25, -0.2) is 4.79 Å². The van der Waals surface area contributed by atoms with Crippen LogP contribution < -0.4 is 21.9 Å². The Labute approximate surface area is 173 Å². The van der Waals surface area contributed by atoms with Crippen molar-refractivity contribution < 1.29 is 4.79 Å². The molecule has 0 fully saturated rings. The van der Waals surface area contributed by atoms with Crippen molar-refractivity contribution in [1.29, 1.82) is 0 Å².